The fourth-order valence-corrected chi connectivity index (χ4v) is 1.68. The minimum atomic E-state index is -0.943. The molecule has 0 aromatic heterocycles. The average Bonchev–Trinajstić information content (AvgIpc) is 2.37. The number of carboxylic acids is 1. The molecule has 1 aromatic rings. The molecule has 0 aliphatic heterocycles. The van der Waals surface area contributed by atoms with Crippen LogP contribution in [0, 0.1) is 0 Å². The molecule has 0 bridgehead atoms. The zero-order chi connectivity index (χ0) is 14.3. The summed E-state index contributed by atoms with van der Waals surface area (Å²) in [6.07, 6.45) is 1.23. The van der Waals surface area contributed by atoms with Gasteiger partial charge in [0.2, 0.25) is 5.91 Å². The molecule has 1 unspecified atom stereocenters. The van der Waals surface area contributed by atoms with Gasteiger partial charge in [-0.1, -0.05) is 24.9 Å². The molecule has 0 radical (unpaired) electrons. The summed E-state index contributed by atoms with van der Waals surface area (Å²) in [6.45, 7) is 1.85. The molecule has 6 heteroatoms. The Balaban J connectivity index is 2.42. The molecule has 0 aliphatic rings. The summed E-state index contributed by atoms with van der Waals surface area (Å²) >= 11 is 5.73. The third-order valence-corrected chi connectivity index (χ3v) is 2.76. The van der Waals surface area contributed by atoms with E-state index in [4.69, 9.17) is 16.7 Å². The Labute approximate surface area is 117 Å². The topological polar surface area (TPSA) is 78.4 Å². The Morgan fingerprint density at radius 2 is 1.95 bits per heavy atom. The van der Waals surface area contributed by atoms with Crippen LogP contribution in [0.4, 0.5) is 5.69 Å². The molecule has 0 aliphatic carbocycles. The van der Waals surface area contributed by atoms with Crippen LogP contribution in [0.15, 0.2) is 24.3 Å². The largest absolute Gasteiger partial charge is 0.480 e. The Morgan fingerprint density at radius 1 is 1.32 bits per heavy atom. The van der Waals surface area contributed by atoms with Crippen LogP contribution in [0.5, 0.6) is 0 Å². The normalized spacial score (nSPS) is 11.9. The summed E-state index contributed by atoms with van der Waals surface area (Å²) in [6, 6.07) is 6.01. The summed E-state index contributed by atoms with van der Waals surface area (Å²) in [5, 5.41) is 14.9. The van der Waals surface area contributed by atoms with E-state index < -0.39 is 12.0 Å². The van der Waals surface area contributed by atoms with Crippen LogP contribution in [-0.2, 0) is 9.59 Å². The van der Waals surface area contributed by atoms with Crippen LogP contribution < -0.4 is 10.6 Å². The van der Waals surface area contributed by atoms with Gasteiger partial charge in [0.25, 0.3) is 0 Å². The van der Waals surface area contributed by atoms with Crippen molar-refractivity contribution in [2.75, 3.05) is 11.9 Å². The molecule has 1 aromatic carbocycles. The number of benzene rings is 1. The molecule has 0 saturated heterocycles. The maximum Gasteiger partial charge on any atom is 0.320 e. The van der Waals surface area contributed by atoms with E-state index in [1.807, 2.05) is 6.92 Å². The molecule has 0 heterocycles. The molecule has 3 N–H and O–H groups in total. The van der Waals surface area contributed by atoms with Gasteiger partial charge in [0.15, 0.2) is 0 Å². The number of hydrogen-bond acceptors (Lipinski definition) is 3. The Kier molecular flexibility index (Phi) is 6.32. The third-order valence-electron chi connectivity index (χ3n) is 2.51. The number of halogens is 1. The predicted molar refractivity (Wildman–Crippen MR) is 74.4 cm³/mol. The molecule has 1 atom stereocenters. The molecule has 0 saturated carbocycles. The second kappa shape index (κ2) is 7.76. The van der Waals surface area contributed by atoms with Gasteiger partial charge in [0, 0.05) is 10.7 Å². The first-order valence-corrected chi connectivity index (χ1v) is 6.42. The lowest BCUT2D eigenvalue weighted by atomic mass is 10.2. The number of hydrogen-bond donors (Lipinski definition) is 3. The summed E-state index contributed by atoms with van der Waals surface area (Å²) in [5.41, 5.74) is 0.624. The fraction of sp³-hybridized carbons (Fsp3) is 0.385. The Bertz CT molecular complexity index is 434. The summed E-state index contributed by atoms with van der Waals surface area (Å²) in [4.78, 5) is 22.5. The smallest absolute Gasteiger partial charge is 0.320 e. The van der Waals surface area contributed by atoms with E-state index in [9.17, 15) is 9.59 Å². The molecule has 104 valence electrons. The molecular weight excluding hydrogens is 268 g/mol. The van der Waals surface area contributed by atoms with Crippen LogP contribution in [0.1, 0.15) is 19.8 Å². The monoisotopic (exact) mass is 284 g/mol. The zero-order valence-electron chi connectivity index (χ0n) is 10.6. The minimum Gasteiger partial charge on any atom is -0.480 e. The number of nitrogens with one attached hydrogen (secondary N) is 2. The van der Waals surface area contributed by atoms with Gasteiger partial charge in [0.05, 0.1) is 6.54 Å². The highest BCUT2D eigenvalue weighted by molar-refractivity contribution is 6.30. The van der Waals surface area contributed by atoms with Gasteiger partial charge < -0.3 is 10.4 Å². The van der Waals surface area contributed by atoms with Crippen LogP contribution in [0.2, 0.25) is 5.02 Å². The van der Waals surface area contributed by atoms with Crippen LogP contribution in [0.25, 0.3) is 0 Å². The van der Waals surface area contributed by atoms with Gasteiger partial charge in [-0.15, -0.1) is 0 Å². The molecule has 1 amide bonds. The van der Waals surface area contributed by atoms with E-state index in [0.717, 1.165) is 6.42 Å². The number of carbonyl (C=O) groups excluding carboxylic acids is 1. The lowest BCUT2D eigenvalue weighted by Crippen LogP contribution is -2.41. The lowest BCUT2D eigenvalue weighted by molar-refractivity contribution is -0.139. The first-order chi connectivity index (χ1) is 9.02. The SMILES string of the molecule is CCCC(NCC(=O)Nc1ccc(Cl)cc1)C(=O)O. The average molecular weight is 285 g/mol. The second-order valence-corrected chi connectivity index (χ2v) is 4.55. The molecular formula is C13H17ClN2O3. The van der Waals surface area contributed by atoms with Crippen molar-refractivity contribution >= 4 is 29.2 Å². The standard InChI is InChI=1S/C13H17ClN2O3/c1-2-3-11(13(18)19)15-8-12(17)16-10-6-4-9(14)5-7-10/h4-7,11,15H,2-3,8H2,1H3,(H,16,17)(H,18,19). The van der Waals surface area contributed by atoms with E-state index in [1.165, 1.54) is 0 Å². The van der Waals surface area contributed by atoms with E-state index in [2.05, 4.69) is 10.6 Å². The Morgan fingerprint density at radius 3 is 2.47 bits per heavy atom. The van der Waals surface area contributed by atoms with Gasteiger partial charge in [-0.2, -0.15) is 0 Å². The van der Waals surface area contributed by atoms with Gasteiger partial charge in [0.1, 0.15) is 6.04 Å². The van der Waals surface area contributed by atoms with Crippen molar-refractivity contribution in [3.05, 3.63) is 29.3 Å². The number of carbonyl (C=O) groups is 2. The van der Waals surface area contributed by atoms with Crippen LogP contribution in [-0.4, -0.2) is 29.6 Å². The van der Waals surface area contributed by atoms with Crippen molar-refractivity contribution in [2.24, 2.45) is 0 Å². The molecule has 0 fully saturated rings. The van der Waals surface area contributed by atoms with E-state index in [1.54, 1.807) is 24.3 Å². The van der Waals surface area contributed by atoms with Crippen molar-refractivity contribution in [2.45, 2.75) is 25.8 Å². The summed E-state index contributed by atoms with van der Waals surface area (Å²) in [7, 11) is 0. The highest BCUT2D eigenvalue weighted by atomic mass is 35.5. The van der Waals surface area contributed by atoms with Crippen LogP contribution in [0.3, 0.4) is 0 Å². The number of rotatable bonds is 7. The number of anilines is 1. The summed E-state index contributed by atoms with van der Waals surface area (Å²) in [5.74, 6) is -1.23. The van der Waals surface area contributed by atoms with E-state index in [-0.39, 0.29) is 12.5 Å². The van der Waals surface area contributed by atoms with E-state index in [0.29, 0.717) is 17.1 Å². The highest BCUT2D eigenvalue weighted by Crippen LogP contribution is 2.13. The van der Waals surface area contributed by atoms with Crippen molar-refractivity contribution in [1.29, 1.82) is 0 Å². The number of aliphatic carboxylic acids is 1. The van der Waals surface area contributed by atoms with Gasteiger partial charge >= 0.3 is 5.97 Å². The van der Waals surface area contributed by atoms with Crippen LogP contribution >= 0.6 is 11.6 Å². The van der Waals surface area contributed by atoms with Gasteiger partial charge in [-0.3, -0.25) is 14.9 Å². The number of carboxylic acid groups (broad SMARTS) is 1. The molecule has 19 heavy (non-hydrogen) atoms. The molecule has 0 spiro atoms. The highest BCUT2D eigenvalue weighted by Gasteiger charge is 2.16. The first kappa shape index (κ1) is 15.5. The van der Waals surface area contributed by atoms with Crippen molar-refractivity contribution in [3.63, 3.8) is 0 Å². The maximum absolute atomic E-state index is 11.6. The molecule has 1 rings (SSSR count). The summed E-state index contributed by atoms with van der Waals surface area (Å²) < 4.78 is 0. The maximum atomic E-state index is 11.6. The quantitative estimate of drug-likeness (QED) is 0.717. The second-order valence-electron chi connectivity index (χ2n) is 4.12. The van der Waals surface area contributed by atoms with Crippen molar-refractivity contribution in [3.8, 4) is 0 Å². The lowest BCUT2D eigenvalue weighted by Gasteiger charge is -2.13. The van der Waals surface area contributed by atoms with Gasteiger partial charge in [-0.25, -0.2) is 0 Å². The van der Waals surface area contributed by atoms with Gasteiger partial charge in [-0.05, 0) is 30.7 Å². The number of amides is 1. The Hall–Kier alpha value is -1.59. The van der Waals surface area contributed by atoms with E-state index >= 15 is 0 Å². The zero-order valence-corrected chi connectivity index (χ0v) is 11.4. The molecule has 5 nitrogen and oxygen atoms in total. The third kappa shape index (κ3) is 5.72. The minimum absolute atomic E-state index is 0.0421. The van der Waals surface area contributed by atoms with Crippen molar-refractivity contribution in [1.82, 2.24) is 5.32 Å². The van der Waals surface area contributed by atoms with Crippen molar-refractivity contribution < 1.29 is 14.7 Å². The first-order valence-electron chi connectivity index (χ1n) is 6.04. The predicted octanol–water partition coefficient (Wildman–Crippen LogP) is 2.12. The fourth-order valence-electron chi connectivity index (χ4n) is 1.56.